The highest BCUT2D eigenvalue weighted by Gasteiger charge is 2.51. The number of hydrogen-bond donors (Lipinski definition) is 1. The number of rotatable bonds is 8. The molecule has 4 nitrogen and oxygen atoms in total. The highest BCUT2D eigenvalue weighted by atomic mass is 35.5. The average molecular weight is 412 g/mol. The van der Waals surface area contributed by atoms with Gasteiger partial charge in [0, 0.05) is 44.3 Å². The van der Waals surface area contributed by atoms with E-state index < -0.39 is 0 Å². The molecule has 1 N–H and O–H groups in total. The first kappa shape index (κ1) is 20.4. The SMILES string of the molecule is O=C(NCCCN1CCN(Cc2ccccc2)CC1)C1(c2cccc(Cl)c2)CC1. The normalized spacial score (nSPS) is 19.1. The van der Waals surface area contributed by atoms with E-state index in [1.54, 1.807) is 0 Å². The minimum absolute atomic E-state index is 0.160. The lowest BCUT2D eigenvalue weighted by Gasteiger charge is -2.34. The van der Waals surface area contributed by atoms with Crippen LogP contribution >= 0.6 is 11.6 Å². The van der Waals surface area contributed by atoms with Gasteiger partial charge < -0.3 is 10.2 Å². The maximum atomic E-state index is 12.7. The molecule has 0 bridgehead atoms. The Hall–Kier alpha value is -1.88. The summed E-state index contributed by atoms with van der Waals surface area (Å²) in [7, 11) is 0. The second-order valence-corrected chi connectivity index (χ2v) is 8.74. The number of hydrogen-bond acceptors (Lipinski definition) is 3. The van der Waals surface area contributed by atoms with Crippen LogP contribution in [0, 0.1) is 0 Å². The molecule has 154 valence electrons. The summed E-state index contributed by atoms with van der Waals surface area (Å²) in [5.41, 5.74) is 2.10. The highest BCUT2D eigenvalue weighted by molar-refractivity contribution is 6.30. The van der Waals surface area contributed by atoms with E-state index in [4.69, 9.17) is 11.6 Å². The van der Waals surface area contributed by atoms with E-state index in [9.17, 15) is 4.79 Å². The van der Waals surface area contributed by atoms with Crippen molar-refractivity contribution in [2.75, 3.05) is 39.3 Å². The fourth-order valence-corrected chi connectivity index (χ4v) is 4.43. The number of benzene rings is 2. The third-order valence-electron chi connectivity index (χ3n) is 6.21. The molecule has 2 aliphatic rings. The van der Waals surface area contributed by atoms with Gasteiger partial charge in [0.1, 0.15) is 0 Å². The van der Waals surface area contributed by atoms with E-state index in [0.29, 0.717) is 5.02 Å². The van der Waals surface area contributed by atoms with Crippen LogP contribution in [0.25, 0.3) is 0 Å². The van der Waals surface area contributed by atoms with Crippen molar-refractivity contribution >= 4 is 17.5 Å². The summed E-state index contributed by atoms with van der Waals surface area (Å²) in [5.74, 6) is 0.160. The van der Waals surface area contributed by atoms with Gasteiger partial charge in [-0.25, -0.2) is 0 Å². The molecular formula is C24H30ClN3O. The van der Waals surface area contributed by atoms with Crippen LogP contribution < -0.4 is 5.32 Å². The molecule has 0 spiro atoms. The van der Waals surface area contributed by atoms with Crippen molar-refractivity contribution in [3.63, 3.8) is 0 Å². The average Bonchev–Trinajstić information content (AvgIpc) is 3.55. The van der Waals surface area contributed by atoms with Gasteiger partial charge in [0.15, 0.2) is 0 Å². The first-order chi connectivity index (χ1) is 14.2. The number of nitrogens with zero attached hydrogens (tertiary/aromatic N) is 2. The molecule has 0 atom stereocenters. The third kappa shape index (κ3) is 5.19. The first-order valence-electron chi connectivity index (χ1n) is 10.7. The van der Waals surface area contributed by atoms with Crippen LogP contribution in [0.4, 0.5) is 0 Å². The minimum atomic E-state index is -0.339. The summed E-state index contributed by atoms with van der Waals surface area (Å²) in [6.07, 6.45) is 2.83. The molecule has 1 saturated heterocycles. The Labute approximate surface area is 178 Å². The monoisotopic (exact) mass is 411 g/mol. The topological polar surface area (TPSA) is 35.6 Å². The second-order valence-electron chi connectivity index (χ2n) is 8.31. The molecule has 1 aliphatic carbocycles. The smallest absolute Gasteiger partial charge is 0.230 e. The van der Waals surface area contributed by atoms with E-state index >= 15 is 0 Å². The lowest BCUT2D eigenvalue weighted by molar-refractivity contribution is -0.123. The molecule has 1 saturated carbocycles. The first-order valence-corrected chi connectivity index (χ1v) is 11.1. The second kappa shape index (κ2) is 9.29. The summed E-state index contributed by atoms with van der Waals surface area (Å²) in [5, 5.41) is 3.87. The van der Waals surface area contributed by atoms with Crippen molar-refractivity contribution in [1.29, 1.82) is 0 Å². The predicted octanol–water partition coefficient (Wildman–Crippen LogP) is 3.70. The predicted molar refractivity (Wildman–Crippen MR) is 118 cm³/mol. The van der Waals surface area contributed by atoms with Gasteiger partial charge in [-0.3, -0.25) is 9.69 Å². The molecule has 0 radical (unpaired) electrons. The number of carbonyl (C=O) groups is 1. The zero-order chi connectivity index (χ0) is 20.1. The molecule has 0 aromatic heterocycles. The van der Waals surface area contributed by atoms with E-state index in [-0.39, 0.29) is 11.3 Å². The van der Waals surface area contributed by atoms with Gasteiger partial charge in [-0.05, 0) is 49.1 Å². The van der Waals surface area contributed by atoms with E-state index in [1.165, 1.54) is 5.56 Å². The zero-order valence-corrected chi connectivity index (χ0v) is 17.7. The Kier molecular flexibility index (Phi) is 6.53. The molecule has 0 unspecified atom stereocenters. The molecular weight excluding hydrogens is 382 g/mol. The fraction of sp³-hybridized carbons (Fsp3) is 0.458. The maximum absolute atomic E-state index is 12.7. The van der Waals surface area contributed by atoms with Crippen molar-refractivity contribution < 1.29 is 4.79 Å². The van der Waals surface area contributed by atoms with Gasteiger partial charge in [0.2, 0.25) is 5.91 Å². The van der Waals surface area contributed by atoms with Crippen molar-refractivity contribution in [1.82, 2.24) is 15.1 Å². The van der Waals surface area contributed by atoms with Gasteiger partial charge in [0.05, 0.1) is 5.41 Å². The van der Waals surface area contributed by atoms with Crippen molar-refractivity contribution in [3.05, 3.63) is 70.7 Å². The summed E-state index contributed by atoms with van der Waals surface area (Å²) < 4.78 is 0. The van der Waals surface area contributed by atoms with Gasteiger partial charge in [-0.15, -0.1) is 0 Å². The number of halogens is 1. The van der Waals surface area contributed by atoms with E-state index in [1.807, 2.05) is 24.3 Å². The van der Waals surface area contributed by atoms with Crippen LogP contribution in [0.5, 0.6) is 0 Å². The Morgan fingerprint density at radius 1 is 0.966 bits per heavy atom. The Balaban J connectivity index is 1.15. The number of piperazine rings is 1. The van der Waals surface area contributed by atoms with Gasteiger partial charge in [0.25, 0.3) is 0 Å². The summed E-state index contributed by atoms with van der Waals surface area (Å²) in [4.78, 5) is 17.8. The molecule has 2 aromatic rings. The minimum Gasteiger partial charge on any atom is -0.355 e. The molecule has 1 heterocycles. The van der Waals surface area contributed by atoms with Gasteiger partial charge in [-0.2, -0.15) is 0 Å². The standard InChI is InChI=1S/C24H30ClN3O/c25-22-9-4-8-21(18-22)24(10-11-24)23(29)26-12-5-13-27-14-16-28(17-15-27)19-20-6-2-1-3-7-20/h1-4,6-9,18H,5,10-17,19H2,(H,26,29). The third-order valence-corrected chi connectivity index (χ3v) is 6.45. The summed E-state index contributed by atoms with van der Waals surface area (Å²) >= 11 is 6.11. The number of carbonyl (C=O) groups excluding carboxylic acids is 1. The molecule has 1 aliphatic heterocycles. The van der Waals surface area contributed by atoms with E-state index in [2.05, 4.69) is 45.4 Å². The zero-order valence-electron chi connectivity index (χ0n) is 16.9. The molecule has 2 fully saturated rings. The van der Waals surface area contributed by atoms with Crippen molar-refractivity contribution in [2.24, 2.45) is 0 Å². The molecule has 1 amide bonds. The van der Waals surface area contributed by atoms with Crippen LogP contribution in [0.15, 0.2) is 54.6 Å². The Morgan fingerprint density at radius 3 is 2.38 bits per heavy atom. The van der Waals surface area contributed by atoms with Crippen LogP contribution in [0.3, 0.4) is 0 Å². The summed E-state index contributed by atoms with van der Waals surface area (Å²) in [6, 6.07) is 18.4. The van der Waals surface area contributed by atoms with Crippen molar-refractivity contribution in [2.45, 2.75) is 31.2 Å². The summed E-state index contributed by atoms with van der Waals surface area (Å²) in [6.45, 7) is 7.25. The largest absolute Gasteiger partial charge is 0.355 e. The molecule has 4 rings (SSSR count). The van der Waals surface area contributed by atoms with Gasteiger partial charge >= 0.3 is 0 Å². The lowest BCUT2D eigenvalue weighted by Crippen LogP contribution is -2.46. The maximum Gasteiger partial charge on any atom is 0.230 e. The fourth-order valence-electron chi connectivity index (χ4n) is 4.24. The Morgan fingerprint density at radius 2 is 1.69 bits per heavy atom. The number of amides is 1. The Bertz CT molecular complexity index is 814. The molecule has 29 heavy (non-hydrogen) atoms. The van der Waals surface area contributed by atoms with Crippen LogP contribution in [0.2, 0.25) is 5.02 Å². The highest BCUT2D eigenvalue weighted by Crippen LogP contribution is 2.48. The van der Waals surface area contributed by atoms with Crippen LogP contribution in [0.1, 0.15) is 30.4 Å². The van der Waals surface area contributed by atoms with Crippen LogP contribution in [-0.2, 0) is 16.8 Å². The van der Waals surface area contributed by atoms with E-state index in [0.717, 1.165) is 70.6 Å². The molecule has 5 heteroatoms. The number of nitrogens with one attached hydrogen (secondary N) is 1. The molecule has 2 aromatic carbocycles. The van der Waals surface area contributed by atoms with Crippen LogP contribution in [-0.4, -0.2) is 55.0 Å². The quantitative estimate of drug-likeness (QED) is 0.673. The lowest BCUT2D eigenvalue weighted by atomic mass is 9.95. The van der Waals surface area contributed by atoms with Crippen molar-refractivity contribution in [3.8, 4) is 0 Å². The van der Waals surface area contributed by atoms with Gasteiger partial charge in [-0.1, -0.05) is 54.1 Å².